The zero-order valence-corrected chi connectivity index (χ0v) is 22.4. The van der Waals surface area contributed by atoms with Crippen molar-refractivity contribution < 1.29 is 19.1 Å². The highest BCUT2D eigenvalue weighted by Crippen LogP contribution is 2.30. The molecule has 1 fully saturated rings. The smallest absolute Gasteiger partial charge is 0.256 e. The van der Waals surface area contributed by atoms with Gasteiger partial charge in [0.15, 0.2) is 16.6 Å². The normalized spacial score (nSPS) is 15.2. The van der Waals surface area contributed by atoms with Crippen molar-refractivity contribution in [2.24, 2.45) is 0 Å². The lowest BCUT2D eigenvalue weighted by Crippen LogP contribution is -2.39. The minimum atomic E-state index is -0.742. The van der Waals surface area contributed by atoms with Crippen LogP contribution < -0.4 is 19.7 Å². The monoisotopic (exact) mass is 537 g/mol. The fraction of sp³-hybridized carbons (Fsp3) is 0.250. The molecule has 1 aliphatic rings. The van der Waals surface area contributed by atoms with Crippen LogP contribution >= 0.6 is 23.8 Å². The molecule has 7 nitrogen and oxygen atoms in total. The molecule has 0 spiro atoms. The third-order valence-corrected chi connectivity index (χ3v) is 6.88. The van der Waals surface area contributed by atoms with Gasteiger partial charge in [0.05, 0.1) is 26.3 Å². The second kappa shape index (κ2) is 11.6. The number of anilines is 2. The van der Waals surface area contributed by atoms with Crippen molar-refractivity contribution in [3.63, 3.8) is 0 Å². The Morgan fingerprint density at radius 1 is 1.00 bits per heavy atom. The highest BCUT2D eigenvalue weighted by molar-refractivity contribution is 7.80. The lowest BCUT2D eigenvalue weighted by Gasteiger charge is -2.24. The van der Waals surface area contributed by atoms with Gasteiger partial charge in [0.2, 0.25) is 5.91 Å². The molecule has 192 valence electrons. The van der Waals surface area contributed by atoms with Crippen molar-refractivity contribution >= 4 is 52.1 Å². The van der Waals surface area contributed by atoms with Gasteiger partial charge in [-0.05, 0) is 79.7 Å². The summed E-state index contributed by atoms with van der Waals surface area (Å²) in [6.07, 6.45) is 0.543. The summed E-state index contributed by atoms with van der Waals surface area (Å²) in [5.41, 5.74) is 3.36. The van der Waals surface area contributed by atoms with Crippen molar-refractivity contribution in [1.29, 1.82) is 0 Å². The maximum atomic E-state index is 13.6. The van der Waals surface area contributed by atoms with Crippen LogP contribution in [0, 0.1) is 6.92 Å². The topological polar surface area (TPSA) is 71.1 Å². The van der Waals surface area contributed by atoms with Gasteiger partial charge in [-0.25, -0.2) is 0 Å². The predicted octanol–water partition coefficient (Wildman–Crippen LogP) is 5.24. The molecule has 37 heavy (non-hydrogen) atoms. The summed E-state index contributed by atoms with van der Waals surface area (Å²) in [6.45, 7) is 2.41. The van der Waals surface area contributed by atoms with Crippen LogP contribution in [0.15, 0.2) is 66.7 Å². The number of benzene rings is 3. The van der Waals surface area contributed by atoms with Crippen LogP contribution in [0.4, 0.5) is 11.4 Å². The molecule has 1 saturated heterocycles. The first-order chi connectivity index (χ1) is 17.8. The predicted molar refractivity (Wildman–Crippen MR) is 150 cm³/mol. The number of carbonyl (C=O) groups excluding carboxylic acids is 2. The average molecular weight is 538 g/mol. The molecular formula is C28H28ClN3O4S. The number of methoxy groups -OCH3 is 2. The van der Waals surface area contributed by atoms with Gasteiger partial charge in [0.1, 0.15) is 6.04 Å². The molecule has 0 bridgehead atoms. The molecule has 0 unspecified atom stereocenters. The Bertz CT molecular complexity index is 1300. The number of carbonyl (C=O) groups is 2. The maximum absolute atomic E-state index is 13.6. The summed E-state index contributed by atoms with van der Waals surface area (Å²) in [4.78, 5) is 29.8. The average Bonchev–Trinajstić information content (AvgIpc) is 3.12. The van der Waals surface area contributed by atoms with Crippen LogP contribution in [0.1, 0.15) is 17.5 Å². The summed E-state index contributed by atoms with van der Waals surface area (Å²) in [6, 6.07) is 19.4. The number of thiocarbonyl (C=S) groups is 1. The second-order valence-corrected chi connectivity index (χ2v) is 9.50. The Morgan fingerprint density at radius 2 is 1.68 bits per heavy atom. The van der Waals surface area contributed by atoms with Gasteiger partial charge in [0, 0.05) is 17.3 Å². The van der Waals surface area contributed by atoms with E-state index < -0.39 is 6.04 Å². The van der Waals surface area contributed by atoms with E-state index in [9.17, 15) is 9.59 Å². The quantitative estimate of drug-likeness (QED) is 0.376. The Kier molecular flexibility index (Phi) is 8.31. The van der Waals surface area contributed by atoms with Gasteiger partial charge in [-0.15, -0.1) is 0 Å². The number of halogens is 1. The molecule has 4 rings (SSSR count). The second-order valence-electron chi connectivity index (χ2n) is 8.70. The zero-order chi connectivity index (χ0) is 26.5. The minimum absolute atomic E-state index is 0.0388. The molecule has 3 aromatic rings. The van der Waals surface area contributed by atoms with Crippen LogP contribution in [0.5, 0.6) is 11.5 Å². The van der Waals surface area contributed by atoms with Gasteiger partial charge in [0.25, 0.3) is 5.91 Å². The lowest BCUT2D eigenvalue weighted by atomic mass is 10.1. The van der Waals surface area contributed by atoms with E-state index in [1.807, 2.05) is 54.3 Å². The summed E-state index contributed by atoms with van der Waals surface area (Å²) in [7, 11) is 3.17. The standard InChI is InChI=1S/C28H28ClN3O4S/c1-18-4-9-21(10-5-18)30-26(33)17-23-27(34)32(22-11-7-20(29)8-12-22)28(37)31(23)15-14-19-6-13-24(35-2)25(16-19)36-3/h4-13,16,23H,14-15,17H2,1-3H3,(H,30,33)/t23-/m1/s1. The Balaban J connectivity index is 1.56. The molecule has 1 atom stereocenters. The van der Waals surface area contributed by atoms with E-state index in [-0.39, 0.29) is 18.2 Å². The lowest BCUT2D eigenvalue weighted by molar-refractivity contribution is -0.124. The number of rotatable bonds is 9. The van der Waals surface area contributed by atoms with Gasteiger partial charge >= 0.3 is 0 Å². The van der Waals surface area contributed by atoms with Crippen molar-refractivity contribution in [2.75, 3.05) is 31.0 Å². The molecule has 1 N–H and O–H groups in total. The highest BCUT2D eigenvalue weighted by atomic mass is 35.5. The number of nitrogens with zero attached hydrogens (tertiary/aromatic N) is 2. The Labute approximate surface area is 226 Å². The molecule has 3 aromatic carbocycles. The van der Waals surface area contributed by atoms with Gasteiger partial charge in [-0.2, -0.15) is 0 Å². The molecule has 0 saturated carbocycles. The van der Waals surface area contributed by atoms with E-state index in [0.29, 0.717) is 46.0 Å². The van der Waals surface area contributed by atoms with E-state index >= 15 is 0 Å². The molecule has 2 amide bonds. The van der Waals surface area contributed by atoms with Crippen molar-refractivity contribution in [3.8, 4) is 11.5 Å². The van der Waals surface area contributed by atoms with Gasteiger partial charge in [-0.3, -0.25) is 14.5 Å². The van der Waals surface area contributed by atoms with E-state index in [1.54, 1.807) is 38.5 Å². The molecular weight excluding hydrogens is 510 g/mol. The number of nitrogens with one attached hydrogen (secondary N) is 1. The summed E-state index contributed by atoms with van der Waals surface area (Å²) < 4.78 is 10.7. The van der Waals surface area contributed by atoms with Crippen LogP contribution in [0.3, 0.4) is 0 Å². The maximum Gasteiger partial charge on any atom is 0.256 e. The number of aryl methyl sites for hydroxylation is 1. The largest absolute Gasteiger partial charge is 0.493 e. The van der Waals surface area contributed by atoms with Crippen LogP contribution in [0.25, 0.3) is 0 Å². The molecule has 0 aromatic heterocycles. The van der Waals surface area contributed by atoms with Crippen LogP contribution in [-0.2, 0) is 16.0 Å². The fourth-order valence-corrected chi connectivity index (χ4v) is 4.77. The minimum Gasteiger partial charge on any atom is -0.493 e. The van der Waals surface area contributed by atoms with Gasteiger partial charge < -0.3 is 19.7 Å². The van der Waals surface area contributed by atoms with Crippen molar-refractivity contribution in [2.45, 2.75) is 25.8 Å². The zero-order valence-electron chi connectivity index (χ0n) is 20.9. The highest BCUT2D eigenvalue weighted by Gasteiger charge is 2.43. The Morgan fingerprint density at radius 3 is 2.32 bits per heavy atom. The van der Waals surface area contributed by atoms with E-state index in [0.717, 1.165) is 11.1 Å². The van der Waals surface area contributed by atoms with E-state index in [2.05, 4.69) is 5.32 Å². The van der Waals surface area contributed by atoms with E-state index in [1.165, 1.54) is 4.90 Å². The summed E-state index contributed by atoms with van der Waals surface area (Å²) in [5, 5.41) is 3.79. The molecule has 9 heteroatoms. The number of amides is 2. The SMILES string of the molecule is COc1ccc(CCN2C(=S)N(c3ccc(Cl)cc3)C(=O)[C@H]2CC(=O)Nc2ccc(C)cc2)cc1OC. The van der Waals surface area contributed by atoms with Crippen molar-refractivity contribution in [3.05, 3.63) is 82.9 Å². The molecule has 0 radical (unpaired) electrons. The van der Waals surface area contributed by atoms with E-state index in [4.69, 9.17) is 33.3 Å². The number of hydrogen-bond acceptors (Lipinski definition) is 5. The first-order valence-electron chi connectivity index (χ1n) is 11.8. The first kappa shape index (κ1) is 26.4. The summed E-state index contributed by atoms with van der Waals surface area (Å²) >= 11 is 11.8. The van der Waals surface area contributed by atoms with Crippen LogP contribution in [-0.4, -0.2) is 48.6 Å². The fourth-order valence-electron chi connectivity index (χ4n) is 4.23. The number of hydrogen-bond donors (Lipinski definition) is 1. The molecule has 1 aliphatic heterocycles. The Hall–Kier alpha value is -3.62. The third-order valence-electron chi connectivity index (χ3n) is 6.21. The van der Waals surface area contributed by atoms with Gasteiger partial charge in [-0.1, -0.05) is 35.4 Å². The van der Waals surface area contributed by atoms with Crippen molar-refractivity contribution in [1.82, 2.24) is 4.90 Å². The number of ether oxygens (including phenoxy) is 2. The molecule has 0 aliphatic carbocycles. The van der Waals surface area contributed by atoms with Crippen LogP contribution in [0.2, 0.25) is 5.02 Å². The molecule has 1 heterocycles. The summed E-state index contributed by atoms with van der Waals surface area (Å²) in [5.74, 6) is 0.743. The first-order valence-corrected chi connectivity index (χ1v) is 12.6. The third kappa shape index (κ3) is 6.03.